The number of thiophene rings is 1. The molecule has 2 heterocycles. The Morgan fingerprint density at radius 2 is 2.22 bits per heavy atom. The molecule has 0 saturated heterocycles. The Kier molecular flexibility index (Phi) is 4.36. The summed E-state index contributed by atoms with van der Waals surface area (Å²) in [6.45, 7) is 0. The Hall–Kier alpha value is -1.36. The van der Waals surface area contributed by atoms with Gasteiger partial charge in [0.15, 0.2) is 0 Å². The van der Waals surface area contributed by atoms with Crippen LogP contribution in [-0.4, -0.2) is 11.9 Å². The van der Waals surface area contributed by atoms with E-state index in [2.05, 4.69) is 5.32 Å². The lowest BCUT2D eigenvalue weighted by Gasteiger charge is -2.00. The Morgan fingerprint density at radius 1 is 1.39 bits per heavy atom. The Balaban J connectivity index is 1.89. The molecule has 1 aromatic rings. The van der Waals surface area contributed by atoms with Crippen molar-refractivity contribution >= 4 is 28.9 Å². The summed E-state index contributed by atoms with van der Waals surface area (Å²) in [7, 11) is 0. The molecule has 0 saturated carbocycles. The lowest BCUT2D eigenvalue weighted by atomic mass is 10.1. The van der Waals surface area contributed by atoms with Crippen molar-refractivity contribution in [3.63, 3.8) is 0 Å². The first kappa shape index (κ1) is 13.1. The summed E-state index contributed by atoms with van der Waals surface area (Å²) < 4.78 is 0. The molecule has 0 fully saturated rings. The third-order valence-corrected chi connectivity index (χ3v) is 4.25. The van der Waals surface area contributed by atoms with Crippen molar-refractivity contribution in [3.8, 4) is 0 Å². The molecular weight excluding hydrogens is 250 g/mol. The quantitative estimate of drug-likeness (QED) is 0.821. The number of unbranched alkanes of at least 4 members (excludes halogenated alkanes) is 1. The Morgan fingerprint density at radius 3 is 3.00 bits per heavy atom. The molecule has 0 spiro atoms. The highest BCUT2D eigenvalue weighted by molar-refractivity contribution is 7.12. The minimum atomic E-state index is -0.982. The number of fused-ring (bicyclic) bond motifs is 1. The zero-order valence-electron chi connectivity index (χ0n) is 10.2. The van der Waals surface area contributed by atoms with Crippen LogP contribution >= 0.6 is 11.3 Å². The molecule has 1 aromatic heterocycles. The summed E-state index contributed by atoms with van der Waals surface area (Å²) in [5.74, 6) is -0.890. The number of aliphatic carboxylic acids is 1. The molecule has 2 rings (SSSR count). The second-order valence-corrected chi connectivity index (χ2v) is 5.75. The highest BCUT2D eigenvalue weighted by atomic mass is 32.1. The zero-order valence-corrected chi connectivity index (χ0v) is 11.0. The fraction of sp³-hybridized carbons (Fsp3) is 0.538. The number of carbonyl (C=O) groups is 2. The van der Waals surface area contributed by atoms with Gasteiger partial charge in [0.25, 0.3) is 0 Å². The molecule has 0 radical (unpaired) electrons. The van der Waals surface area contributed by atoms with Gasteiger partial charge in [-0.2, -0.15) is 0 Å². The molecule has 4 nitrogen and oxygen atoms in total. The summed E-state index contributed by atoms with van der Waals surface area (Å²) >= 11 is 1.73. The van der Waals surface area contributed by atoms with E-state index in [-0.39, 0.29) is 12.3 Å². The number of nitrogens with one attached hydrogen (secondary N) is 1. The first-order valence-corrected chi connectivity index (χ1v) is 7.08. The van der Waals surface area contributed by atoms with E-state index in [0.29, 0.717) is 12.8 Å². The summed E-state index contributed by atoms with van der Waals surface area (Å²) in [6, 6.07) is 2.03. The minimum Gasteiger partial charge on any atom is -0.550 e. The van der Waals surface area contributed by atoms with Crippen LogP contribution in [0.3, 0.4) is 0 Å². The van der Waals surface area contributed by atoms with Crippen molar-refractivity contribution in [2.75, 3.05) is 5.32 Å². The Labute approximate surface area is 110 Å². The molecule has 0 aromatic carbocycles. The van der Waals surface area contributed by atoms with E-state index in [1.54, 1.807) is 11.3 Å². The largest absolute Gasteiger partial charge is 0.550 e. The molecule has 0 bridgehead atoms. The van der Waals surface area contributed by atoms with Crippen LogP contribution in [0.4, 0.5) is 5.69 Å². The fourth-order valence-electron chi connectivity index (χ4n) is 2.09. The molecule has 0 unspecified atom stereocenters. The number of carboxylic acid groups (broad SMARTS) is 1. The van der Waals surface area contributed by atoms with Gasteiger partial charge in [0.05, 0.1) is 5.69 Å². The van der Waals surface area contributed by atoms with Crippen molar-refractivity contribution in [2.24, 2.45) is 0 Å². The number of carboxylic acids is 1. The topological polar surface area (TPSA) is 69.2 Å². The second-order valence-electron chi connectivity index (χ2n) is 4.53. The number of aryl methyl sites for hydroxylation is 2. The minimum absolute atomic E-state index is 0.0926. The van der Waals surface area contributed by atoms with Gasteiger partial charge in [0, 0.05) is 22.1 Å². The first-order valence-electron chi connectivity index (χ1n) is 6.26. The van der Waals surface area contributed by atoms with Gasteiger partial charge in [-0.05, 0) is 44.6 Å². The third-order valence-electron chi connectivity index (χ3n) is 3.00. The average Bonchev–Trinajstić information content (AvgIpc) is 2.59. The first-order chi connectivity index (χ1) is 8.65. The van der Waals surface area contributed by atoms with Crippen molar-refractivity contribution in [1.29, 1.82) is 0 Å². The molecule has 18 heavy (non-hydrogen) atoms. The van der Waals surface area contributed by atoms with E-state index in [0.717, 1.165) is 31.4 Å². The lowest BCUT2D eigenvalue weighted by molar-refractivity contribution is -0.305. The fourth-order valence-corrected chi connectivity index (χ4v) is 3.30. The van der Waals surface area contributed by atoms with Crippen LogP contribution in [0.25, 0.3) is 0 Å². The second kappa shape index (κ2) is 6.00. The predicted molar refractivity (Wildman–Crippen MR) is 68.4 cm³/mol. The molecular formula is C13H16NO3S-. The van der Waals surface area contributed by atoms with Crippen molar-refractivity contribution in [3.05, 3.63) is 15.8 Å². The van der Waals surface area contributed by atoms with Crippen molar-refractivity contribution in [2.45, 2.75) is 44.9 Å². The number of carbonyl (C=O) groups excluding carboxylic acids is 2. The molecule has 1 N–H and O–H groups in total. The van der Waals surface area contributed by atoms with Crippen LogP contribution in [0.15, 0.2) is 6.07 Å². The highest BCUT2D eigenvalue weighted by Crippen LogP contribution is 2.31. The van der Waals surface area contributed by atoms with Crippen LogP contribution in [0.1, 0.15) is 41.9 Å². The van der Waals surface area contributed by atoms with Crippen molar-refractivity contribution < 1.29 is 14.7 Å². The molecule has 5 heteroatoms. The zero-order chi connectivity index (χ0) is 13.0. The maximum Gasteiger partial charge on any atom is 0.224 e. The van der Waals surface area contributed by atoms with E-state index in [9.17, 15) is 14.7 Å². The standard InChI is InChI=1S/C13H17NO3S/c15-12-6-3-5-11-10(14-12)8-9(18-11)4-1-2-7-13(16)17/h8H,1-7H2,(H,14,15)(H,16,17)/p-1. The van der Waals surface area contributed by atoms with Crippen LogP contribution in [-0.2, 0) is 22.4 Å². The van der Waals surface area contributed by atoms with Crippen LogP contribution < -0.4 is 10.4 Å². The smallest absolute Gasteiger partial charge is 0.224 e. The van der Waals surface area contributed by atoms with E-state index in [1.165, 1.54) is 9.75 Å². The number of hydrogen-bond donors (Lipinski definition) is 1. The van der Waals surface area contributed by atoms with E-state index in [1.807, 2.05) is 6.07 Å². The molecule has 1 aliphatic heterocycles. The van der Waals surface area contributed by atoms with Gasteiger partial charge in [-0.25, -0.2) is 0 Å². The van der Waals surface area contributed by atoms with E-state index >= 15 is 0 Å². The third kappa shape index (κ3) is 3.57. The molecule has 0 atom stereocenters. The van der Waals surface area contributed by atoms with Crippen LogP contribution in [0, 0.1) is 0 Å². The molecule has 98 valence electrons. The molecule has 1 amide bonds. The maximum atomic E-state index is 11.4. The van der Waals surface area contributed by atoms with Crippen LogP contribution in [0.5, 0.6) is 0 Å². The van der Waals surface area contributed by atoms with Gasteiger partial charge in [0.2, 0.25) is 5.91 Å². The van der Waals surface area contributed by atoms with Gasteiger partial charge in [0.1, 0.15) is 0 Å². The number of amides is 1. The van der Waals surface area contributed by atoms with Gasteiger partial charge in [-0.15, -0.1) is 11.3 Å². The normalized spacial score (nSPS) is 14.8. The number of hydrogen-bond acceptors (Lipinski definition) is 4. The summed E-state index contributed by atoms with van der Waals surface area (Å²) in [5, 5.41) is 13.2. The van der Waals surface area contributed by atoms with Gasteiger partial charge in [-0.3, -0.25) is 4.79 Å². The van der Waals surface area contributed by atoms with E-state index < -0.39 is 5.97 Å². The van der Waals surface area contributed by atoms with Gasteiger partial charge >= 0.3 is 0 Å². The predicted octanol–water partition coefficient (Wildman–Crippen LogP) is 1.49. The molecule has 1 aliphatic rings. The summed E-state index contributed by atoms with van der Waals surface area (Å²) in [5.41, 5.74) is 0.956. The number of anilines is 1. The van der Waals surface area contributed by atoms with Crippen molar-refractivity contribution in [1.82, 2.24) is 0 Å². The Bertz CT molecular complexity index is 453. The summed E-state index contributed by atoms with van der Waals surface area (Å²) in [4.78, 5) is 24.2. The SMILES string of the molecule is O=C([O-])CCCCc1cc2c(s1)CCCC(=O)N2. The number of rotatable bonds is 5. The average molecular weight is 266 g/mol. The van der Waals surface area contributed by atoms with Crippen LogP contribution in [0.2, 0.25) is 0 Å². The summed E-state index contributed by atoms with van der Waals surface area (Å²) in [6.07, 6.45) is 4.96. The van der Waals surface area contributed by atoms with Gasteiger partial charge in [-0.1, -0.05) is 0 Å². The van der Waals surface area contributed by atoms with E-state index in [4.69, 9.17) is 0 Å². The maximum absolute atomic E-state index is 11.4. The molecule has 0 aliphatic carbocycles. The monoisotopic (exact) mass is 266 g/mol. The highest BCUT2D eigenvalue weighted by Gasteiger charge is 2.15. The van der Waals surface area contributed by atoms with Gasteiger partial charge < -0.3 is 15.2 Å². The lowest BCUT2D eigenvalue weighted by Crippen LogP contribution is -2.21.